The van der Waals surface area contributed by atoms with Crippen molar-refractivity contribution in [3.63, 3.8) is 0 Å². The largest absolute Gasteiger partial charge is 0.341 e. The first-order valence-electron chi connectivity index (χ1n) is 5.59. The number of carbonyl (C=O) groups excluding carboxylic acids is 1. The van der Waals surface area contributed by atoms with Crippen LogP contribution in [0.1, 0.15) is 32.8 Å². The van der Waals surface area contributed by atoms with Gasteiger partial charge in [-0.3, -0.25) is 0 Å². The average Bonchev–Trinajstić information content (AvgIpc) is 2.29. The molecule has 0 atom stereocenters. The van der Waals surface area contributed by atoms with Crippen molar-refractivity contribution in [1.29, 1.82) is 0 Å². The van der Waals surface area contributed by atoms with Crippen LogP contribution in [0.3, 0.4) is 0 Å². The average molecular weight is 220 g/mol. The third-order valence-electron chi connectivity index (χ3n) is 3.04. The lowest BCUT2D eigenvalue weighted by atomic mass is 9.82. The maximum absolute atomic E-state index is 11.1. The molecule has 0 bridgehead atoms. The highest BCUT2D eigenvalue weighted by atomic mass is 16.2. The summed E-state index contributed by atoms with van der Waals surface area (Å²) in [6, 6.07) is 7.80. The molecule has 2 amide bonds. The van der Waals surface area contributed by atoms with E-state index in [1.165, 1.54) is 5.56 Å². The molecule has 88 valence electrons. The van der Waals surface area contributed by atoms with Crippen LogP contribution < -0.4 is 10.6 Å². The van der Waals surface area contributed by atoms with Crippen molar-refractivity contribution in [1.82, 2.24) is 5.32 Å². The Bertz CT molecular complexity index is 355. The number of nitrogens with one attached hydrogen (secondary N) is 2. The molecule has 0 saturated carbocycles. The minimum atomic E-state index is -0.192. The third-order valence-corrected chi connectivity index (χ3v) is 3.04. The van der Waals surface area contributed by atoms with Crippen LogP contribution in [0.2, 0.25) is 0 Å². The molecule has 0 aromatic heterocycles. The third kappa shape index (κ3) is 2.99. The molecule has 1 rings (SSSR count). The topological polar surface area (TPSA) is 41.1 Å². The fraction of sp³-hybridized carbons (Fsp3) is 0.462. The van der Waals surface area contributed by atoms with E-state index < -0.39 is 0 Å². The van der Waals surface area contributed by atoms with Crippen molar-refractivity contribution < 1.29 is 4.79 Å². The zero-order chi connectivity index (χ0) is 12.2. The lowest BCUT2D eigenvalue weighted by Crippen LogP contribution is -2.24. The Morgan fingerprint density at radius 2 is 1.81 bits per heavy atom. The Hall–Kier alpha value is -1.51. The van der Waals surface area contributed by atoms with Gasteiger partial charge in [0.15, 0.2) is 0 Å². The molecule has 0 spiro atoms. The highest BCUT2D eigenvalue weighted by Crippen LogP contribution is 2.27. The van der Waals surface area contributed by atoms with E-state index >= 15 is 0 Å². The summed E-state index contributed by atoms with van der Waals surface area (Å²) in [6.07, 6.45) is 1.09. The van der Waals surface area contributed by atoms with E-state index in [0.717, 1.165) is 12.1 Å². The fourth-order valence-electron chi connectivity index (χ4n) is 1.40. The summed E-state index contributed by atoms with van der Waals surface area (Å²) in [6.45, 7) is 6.61. The second-order valence-electron chi connectivity index (χ2n) is 4.52. The summed E-state index contributed by atoms with van der Waals surface area (Å²) >= 11 is 0. The lowest BCUT2D eigenvalue weighted by Gasteiger charge is -2.23. The molecule has 3 heteroatoms. The van der Waals surface area contributed by atoms with Gasteiger partial charge in [0.1, 0.15) is 0 Å². The first-order chi connectivity index (χ1) is 7.49. The minimum Gasteiger partial charge on any atom is -0.341 e. The van der Waals surface area contributed by atoms with Gasteiger partial charge in [-0.05, 0) is 29.5 Å². The van der Waals surface area contributed by atoms with Gasteiger partial charge in [0.2, 0.25) is 0 Å². The summed E-state index contributed by atoms with van der Waals surface area (Å²) in [4.78, 5) is 11.1. The second-order valence-corrected chi connectivity index (χ2v) is 4.52. The Balaban J connectivity index is 2.79. The number of carbonyl (C=O) groups is 1. The highest BCUT2D eigenvalue weighted by molar-refractivity contribution is 5.88. The molecule has 0 aliphatic rings. The van der Waals surface area contributed by atoms with E-state index in [0.29, 0.717) is 0 Å². The smallest absolute Gasteiger partial charge is 0.318 e. The van der Waals surface area contributed by atoms with Gasteiger partial charge in [-0.15, -0.1) is 0 Å². The lowest BCUT2D eigenvalue weighted by molar-refractivity contribution is 0.254. The number of anilines is 1. The first-order valence-corrected chi connectivity index (χ1v) is 5.59. The normalized spacial score (nSPS) is 11.0. The molecule has 2 N–H and O–H groups in total. The van der Waals surface area contributed by atoms with Crippen molar-refractivity contribution in [2.75, 3.05) is 12.4 Å². The monoisotopic (exact) mass is 220 g/mol. The number of hydrogen-bond acceptors (Lipinski definition) is 1. The second kappa shape index (κ2) is 5.01. The predicted molar refractivity (Wildman–Crippen MR) is 67.8 cm³/mol. The summed E-state index contributed by atoms with van der Waals surface area (Å²) in [5, 5.41) is 5.26. The van der Waals surface area contributed by atoms with Crippen molar-refractivity contribution in [3.8, 4) is 0 Å². The van der Waals surface area contributed by atoms with Gasteiger partial charge in [0.05, 0.1) is 0 Å². The van der Waals surface area contributed by atoms with E-state index in [4.69, 9.17) is 0 Å². The Kier molecular flexibility index (Phi) is 3.93. The van der Waals surface area contributed by atoms with Gasteiger partial charge < -0.3 is 10.6 Å². The maximum Gasteiger partial charge on any atom is 0.318 e. The van der Waals surface area contributed by atoms with E-state index in [1.54, 1.807) is 7.05 Å². The molecule has 1 aromatic carbocycles. The van der Waals surface area contributed by atoms with Crippen LogP contribution in [-0.4, -0.2) is 13.1 Å². The molecule has 3 nitrogen and oxygen atoms in total. The van der Waals surface area contributed by atoms with Gasteiger partial charge >= 0.3 is 6.03 Å². The van der Waals surface area contributed by atoms with E-state index in [2.05, 4.69) is 43.5 Å². The molecule has 0 radical (unpaired) electrons. The van der Waals surface area contributed by atoms with Gasteiger partial charge in [0, 0.05) is 12.7 Å². The Labute approximate surface area is 97.2 Å². The number of hydrogen-bond donors (Lipinski definition) is 2. The fourth-order valence-corrected chi connectivity index (χ4v) is 1.40. The van der Waals surface area contributed by atoms with Crippen LogP contribution in [0.4, 0.5) is 10.5 Å². The van der Waals surface area contributed by atoms with Crippen LogP contribution in [-0.2, 0) is 5.41 Å². The molecule has 16 heavy (non-hydrogen) atoms. The van der Waals surface area contributed by atoms with Gasteiger partial charge in [0.25, 0.3) is 0 Å². The van der Waals surface area contributed by atoms with Crippen molar-refractivity contribution >= 4 is 11.7 Å². The zero-order valence-corrected chi connectivity index (χ0v) is 10.4. The molecule has 0 aliphatic carbocycles. The molecule has 0 heterocycles. The number of rotatable bonds is 3. The molecule has 0 unspecified atom stereocenters. The van der Waals surface area contributed by atoms with E-state index in [1.807, 2.05) is 12.1 Å². The number of benzene rings is 1. The maximum atomic E-state index is 11.1. The number of urea groups is 1. The molecular weight excluding hydrogens is 200 g/mol. The zero-order valence-electron chi connectivity index (χ0n) is 10.4. The minimum absolute atomic E-state index is 0.186. The van der Waals surface area contributed by atoms with Crippen molar-refractivity contribution in [2.45, 2.75) is 32.6 Å². The van der Waals surface area contributed by atoms with Crippen LogP contribution in [0.15, 0.2) is 24.3 Å². The summed E-state index contributed by atoms with van der Waals surface area (Å²) < 4.78 is 0. The van der Waals surface area contributed by atoms with Gasteiger partial charge in [-0.2, -0.15) is 0 Å². The SMILES string of the molecule is CCC(C)(C)c1ccc(NC(=O)NC)cc1. The number of amides is 2. The first kappa shape index (κ1) is 12.6. The standard InChI is InChI=1S/C13H20N2O/c1-5-13(2,3)10-6-8-11(9-7-10)15-12(16)14-4/h6-9H,5H2,1-4H3,(H2,14,15,16). The van der Waals surface area contributed by atoms with Gasteiger partial charge in [-0.25, -0.2) is 4.79 Å². The summed E-state index contributed by atoms with van der Waals surface area (Å²) in [7, 11) is 1.60. The molecule has 1 aromatic rings. The van der Waals surface area contributed by atoms with Crippen molar-refractivity contribution in [2.24, 2.45) is 0 Å². The van der Waals surface area contributed by atoms with E-state index in [9.17, 15) is 4.79 Å². The van der Waals surface area contributed by atoms with Crippen molar-refractivity contribution in [3.05, 3.63) is 29.8 Å². The predicted octanol–water partition coefficient (Wildman–Crippen LogP) is 3.13. The molecule has 0 fully saturated rings. The molecule has 0 saturated heterocycles. The van der Waals surface area contributed by atoms with Gasteiger partial charge in [-0.1, -0.05) is 32.9 Å². The summed E-state index contributed by atoms with van der Waals surface area (Å²) in [5.41, 5.74) is 2.29. The van der Waals surface area contributed by atoms with Crippen LogP contribution in [0.25, 0.3) is 0 Å². The quantitative estimate of drug-likeness (QED) is 0.807. The van der Waals surface area contributed by atoms with E-state index in [-0.39, 0.29) is 11.4 Å². The molecular formula is C13H20N2O. The highest BCUT2D eigenvalue weighted by Gasteiger charge is 2.17. The summed E-state index contributed by atoms with van der Waals surface area (Å²) in [5.74, 6) is 0. The molecule has 0 aliphatic heterocycles. The van der Waals surface area contributed by atoms with Crippen LogP contribution in [0, 0.1) is 0 Å². The Morgan fingerprint density at radius 1 is 1.25 bits per heavy atom. The van der Waals surface area contributed by atoms with Crippen LogP contribution >= 0.6 is 0 Å². The Morgan fingerprint density at radius 3 is 2.25 bits per heavy atom. The van der Waals surface area contributed by atoms with Crippen LogP contribution in [0.5, 0.6) is 0 Å².